The predicted molar refractivity (Wildman–Crippen MR) is 92.4 cm³/mol. The molecule has 0 aliphatic rings. The fraction of sp³-hybridized carbons (Fsp3) is 0.105. The van der Waals surface area contributed by atoms with E-state index in [4.69, 9.17) is 4.74 Å². The number of nitrogens with zero attached hydrogens (tertiary/aromatic N) is 2. The second-order valence-electron chi connectivity index (χ2n) is 5.52. The normalized spacial score (nSPS) is 10.4. The first-order chi connectivity index (χ1) is 12.0. The molecule has 126 valence electrons. The Morgan fingerprint density at radius 1 is 1.00 bits per heavy atom. The maximum atomic E-state index is 13.2. The fourth-order valence-corrected chi connectivity index (χ4v) is 2.28. The third-order valence-electron chi connectivity index (χ3n) is 3.37. The Morgan fingerprint density at radius 3 is 2.32 bits per heavy atom. The fourth-order valence-electron chi connectivity index (χ4n) is 2.28. The van der Waals surface area contributed by atoms with Gasteiger partial charge in [0, 0.05) is 22.6 Å². The molecular weight excluding hydrogens is 321 g/mol. The number of ether oxygens (including phenoxy) is 1. The lowest BCUT2D eigenvalue weighted by Gasteiger charge is -2.08. The molecule has 1 aromatic heterocycles. The molecule has 0 atom stereocenters. The zero-order valence-corrected chi connectivity index (χ0v) is 13.8. The van der Waals surface area contributed by atoms with Crippen LogP contribution in [-0.2, 0) is 0 Å². The van der Waals surface area contributed by atoms with Crippen LogP contribution in [-0.4, -0.2) is 15.9 Å². The SMILES string of the molecule is Cc1cc(C)nc(Oc2ccc(NC(=O)c3cccc(F)c3)cc2)n1. The highest BCUT2D eigenvalue weighted by Crippen LogP contribution is 2.21. The molecule has 1 N–H and O–H groups in total. The van der Waals surface area contributed by atoms with Gasteiger partial charge in [-0.1, -0.05) is 6.07 Å². The Balaban J connectivity index is 1.68. The summed E-state index contributed by atoms with van der Waals surface area (Å²) in [6, 6.07) is 14.4. The van der Waals surface area contributed by atoms with E-state index >= 15 is 0 Å². The molecule has 0 bridgehead atoms. The van der Waals surface area contributed by atoms with Crippen LogP contribution in [0.1, 0.15) is 21.7 Å². The summed E-state index contributed by atoms with van der Waals surface area (Å²) in [5.74, 6) is -0.288. The lowest BCUT2D eigenvalue weighted by molar-refractivity contribution is 0.102. The molecule has 1 amide bonds. The number of amides is 1. The van der Waals surface area contributed by atoms with Gasteiger partial charge in [0.25, 0.3) is 5.91 Å². The van der Waals surface area contributed by atoms with Gasteiger partial charge < -0.3 is 10.1 Å². The summed E-state index contributed by atoms with van der Waals surface area (Å²) >= 11 is 0. The van der Waals surface area contributed by atoms with Gasteiger partial charge in [-0.25, -0.2) is 14.4 Å². The van der Waals surface area contributed by atoms with E-state index < -0.39 is 5.82 Å². The van der Waals surface area contributed by atoms with E-state index in [1.54, 1.807) is 30.3 Å². The number of aromatic nitrogens is 2. The summed E-state index contributed by atoms with van der Waals surface area (Å²) in [7, 11) is 0. The minimum Gasteiger partial charge on any atom is -0.424 e. The molecule has 3 rings (SSSR count). The highest BCUT2D eigenvalue weighted by atomic mass is 19.1. The van der Waals surface area contributed by atoms with Gasteiger partial charge in [-0.15, -0.1) is 0 Å². The quantitative estimate of drug-likeness (QED) is 0.772. The predicted octanol–water partition coefficient (Wildman–Crippen LogP) is 4.28. The van der Waals surface area contributed by atoms with Crippen LogP contribution >= 0.6 is 0 Å². The average molecular weight is 337 g/mol. The zero-order chi connectivity index (χ0) is 17.8. The lowest BCUT2D eigenvalue weighted by Crippen LogP contribution is -2.11. The smallest absolute Gasteiger partial charge is 0.322 e. The first-order valence-corrected chi connectivity index (χ1v) is 7.67. The van der Waals surface area contributed by atoms with E-state index in [1.807, 2.05) is 19.9 Å². The number of carbonyl (C=O) groups is 1. The van der Waals surface area contributed by atoms with Crippen molar-refractivity contribution in [1.82, 2.24) is 9.97 Å². The van der Waals surface area contributed by atoms with Gasteiger partial charge in [-0.3, -0.25) is 4.79 Å². The summed E-state index contributed by atoms with van der Waals surface area (Å²) in [6.07, 6.45) is 0. The first-order valence-electron chi connectivity index (χ1n) is 7.67. The van der Waals surface area contributed by atoms with Crippen LogP contribution in [0.25, 0.3) is 0 Å². The monoisotopic (exact) mass is 337 g/mol. The molecule has 25 heavy (non-hydrogen) atoms. The minimum absolute atomic E-state index is 0.254. The molecule has 0 saturated heterocycles. The topological polar surface area (TPSA) is 64.1 Å². The molecule has 0 radical (unpaired) electrons. The van der Waals surface area contributed by atoms with Crippen molar-refractivity contribution in [3.63, 3.8) is 0 Å². The van der Waals surface area contributed by atoms with Gasteiger partial charge in [-0.05, 0) is 62.4 Å². The number of benzene rings is 2. The van der Waals surface area contributed by atoms with Gasteiger partial charge in [-0.2, -0.15) is 0 Å². The molecule has 5 nitrogen and oxygen atoms in total. The van der Waals surface area contributed by atoms with Gasteiger partial charge in [0.15, 0.2) is 0 Å². The maximum absolute atomic E-state index is 13.2. The average Bonchev–Trinajstić information content (AvgIpc) is 2.56. The van der Waals surface area contributed by atoms with E-state index in [1.165, 1.54) is 18.2 Å². The molecule has 0 aliphatic carbocycles. The number of rotatable bonds is 4. The number of nitrogens with one attached hydrogen (secondary N) is 1. The highest BCUT2D eigenvalue weighted by molar-refractivity contribution is 6.04. The molecular formula is C19H16FN3O2. The van der Waals surface area contributed by atoms with Crippen molar-refractivity contribution in [3.05, 3.63) is 77.4 Å². The largest absolute Gasteiger partial charge is 0.424 e. The van der Waals surface area contributed by atoms with Gasteiger partial charge in [0.1, 0.15) is 11.6 Å². The Kier molecular flexibility index (Phi) is 4.70. The number of aryl methyl sites for hydroxylation is 2. The van der Waals surface area contributed by atoms with Gasteiger partial charge >= 0.3 is 6.01 Å². The molecule has 0 fully saturated rings. The van der Waals surface area contributed by atoms with Crippen LogP contribution in [0, 0.1) is 19.7 Å². The van der Waals surface area contributed by atoms with Crippen LogP contribution in [0.5, 0.6) is 11.8 Å². The Morgan fingerprint density at radius 2 is 1.68 bits per heavy atom. The van der Waals surface area contributed by atoms with Crippen molar-refractivity contribution in [3.8, 4) is 11.8 Å². The standard InChI is InChI=1S/C19H16FN3O2/c1-12-10-13(2)22-19(21-12)25-17-8-6-16(7-9-17)23-18(24)14-4-3-5-15(20)11-14/h3-11H,1-2H3,(H,23,24). The van der Waals surface area contributed by atoms with E-state index in [0.717, 1.165) is 11.4 Å². The van der Waals surface area contributed by atoms with Crippen molar-refractivity contribution in [2.45, 2.75) is 13.8 Å². The third-order valence-corrected chi connectivity index (χ3v) is 3.37. The summed E-state index contributed by atoms with van der Waals surface area (Å²) in [4.78, 5) is 20.5. The van der Waals surface area contributed by atoms with Crippen LogP contribution in [0.3, 0.4) is 0 Å². The second kappa shape index (κ2) is 7.09. The molecule has 1 heterocycles. The third kappa shape index (κ3) is 4.38. The summed E-state index contributed by atoms with van der Waals surface area (Å²) in [6.45, 7) is 3.74. The Hall–Kier alpha value is -3.28. The lowest BCUT2D eigenvalue weighted by atomic mass is 10.2. The van der Waals surface area contributed by atoms with E-state index in [0.29, 0.717) is 11.4 Å². The summed E-state index contributed by atoms with van der Waals surface area (Å²) in [5, 5.41) is 2.70. The van der Waals surface area contributed by atoms with Crippen molar-refractivity contribution in [2.75, 3.05) is 5.32 Å². The van der Waals surface area contributed by atoms with Crippen LogP contribution in [0.2, 0.25) is 0 Å². The molecule has 6 heteroatoms. The van der Waals surface area contributed by atoms with E-state index in [2.05, 4.69) is 15.3 Å². The number of anilines is 1. The zero-order valence-electron chi connectivity index (χ0n) is 13.8. The van der Waals surface area contributed by atoms with Gasteiger partial charge in [0.05, 0.1) is 0 Å². The van der Waals surface area contributed by atoms with E-state index in [9.17, 15) is 9.18 Å². The minimum atomic E-state index is -0.454. The van der Waals surface area contributed by atoms with Gasteiger partial charge in [0.2, 0.25) is 0 Å². The van der Waals surface area contributed by atoms with Crippen molar-refractivity contribution < 1.29 is 13.9 Å². The second-order valence-corrected chi connectivity index (χ2v) is 5.52. The number of hydrogen-bond donors (Lipinski definition) is 1. The molecule has 0 aliphatic heterocycles. The number of hydrogen-bond acceptors (Lipinski definition) is 4. The Labute approximate surface area is 144 Å². The number of carbonyl (C=O) groups excluding carboxylic acids is 1. The summed E-state index contributed by atoms with van der Waals surface area (Å²) in [5.41, 5.74) is 2.47. The first kappa shape index (κ1) is 16.6. The van der Waals surface area contributed by atoms with Crippen LogP contribution in [0.15, 0.2) is 54.6 Å². The molecule has 0 spiro atoms. The van der Waals surface area contributed by atoms with Crippen molar-refractivity contribution in [1.29, 1.82) is 0 Å². The number of halogens is 1. The maximum Gasteiger partial charge on any atom is 0.322 e. The molecule has 0 saturated carbocycles. The molecule has 0 unspecified atom stereocenters. The van der Waals surface area contributed by atoms with Crippen molar-refractivity contribution in [2.24, 2.45) is 0 Å². The van der Waals surface area contributed by atoms with Crippen LogP contribution < -0.4 is 10.1 Å². The highest BCUT2D eigenvalue weighted by Gasteiger charge is 2.08. The van der Waals surface area contributed by atoms with E-state index in [-0.39, 0.29) is 17.5 Å². The van der Waals surface area contributed by atoms with Crippen molar-refractivity contribution >= 4 is 11.6 Å². The van der Waals surface area contributed by atoms with Crippen LogP contribution in [0.4, 0.5) is 10.1 Å². The summed E-state index contributed by atoms with van der Waals surface area (Å²) < 4.78 is 18.8. The molecule has 3 aromatic rings. The Bertz CT molecular complexity index is 891. The molecule has 2 aromatic carbocycles.